The largest absolute Gasteiger partial charge is 0.336 e. The van der Waals surface area contributed by atoms with E-state index in [0.717, 1.165) is 11.1 Å². The molecular weight excluding hydrogens is 310 g/mol. The van der Waals surface area contributed by atoms with Gasteiger partial charge in [0.15, 0.2) is 9.84 Å². The van der Waals surface area contributed by atoms with Crippen LogP contribution < -0.4 is 0 Å². The van der Waals surface area contributed by atoms with E-state index in [1.807, 2.05) is 42.5 Å². The Morgan fingerprint density at radius 2 is 1.57 bits per heavy atom. The van der Waals surface area contributed by atoms with Crippen molar-refractivity contribution in [1.82, 2.24) is 4.90 Å². The number of carbonyl (C=O) groups excluding carboxylic acids is 1. The summed E-state index contributed by atoms with van der Waals surface area (Å²) in [4.78, 5) is 14.0. The topological polar surface area (TPSA) is 54.5 Å². The van der Waals surface area contributed by atoms with Gasteiger partial charge in [0, 0.05) is 24.4 Å². The van der Waals surface area contributed by atoms with Crippen LogP contribution in [0.15, 0.2) is 54.6 Å². The first kappa shape index (κ1) is 15.7. The van der Waals surface area contributed by atoms with Crippen LogP contribution in [0.5, 0.6) is 0 Å². The van der Waals surface area contributed by atoms with Gasteiger partial charge in [-0.1, -0.05) is 49.4 Å². The van der Waals surface area contributed by atoms with Gasteiger partial charge in [-0.05, 0) is 23.3 Å². The summed E-state index contributed by atoms with van der Waals surface area (Å²) in [6.07, 6.45) is 0. The van der Waals surface area contributed by atoms with E-state index >= 15 is 0 Å². The Balaban J connectivity index is 1.68. The molecule has 0 aliphatic carbocycles. The second kappa shape index (κ2) is 6.16. The molecule has 3 rings (SSSR count). The van der Waals surface area contributed by atoms with E-state index in [9.17, 15) is 13.2 Å². The molecule has 1 amide bonds. The number of nitrogens with zero attached hydrogens (tertiary/aromatic N) is 1. The minimum absolute atomic E-state index is 0.104. The monoisotopic (exact) mass is 329 g/mol. The summed E-state index contributed by atoms with van der Waals surface area (Å²) in [6.45, 7) is 2.24. The van der Waals surface area contributed by atoms with E-state index in [0.29, 0.717) is 18.7 Å². The van der Waals surface area contributed by atoms with Gasteiger partial charge < -0.3 is 4.90 Å². The Hall–Kier alpha value is -2.14. The molecule has 2 aromatic rings. The Morgan fingerprint density at radius 3 is 2.13 bits per heavy atom. The zero-order chi connectivity index (χ0) is 16.4. The minimum Gasteiger partial charge on any atom is -0.336 e. The highest BCUT2D eigenvalue weighted by Crippen LogP contribution is 2.22. The number of hydrogen-bond acceptors (Lipinski definition) is 3. The third-order valence-electron chi connectivity index (χ3n) is 4.28. The molecule has 0 aromatic heterocycles. The van der Waals surface area contributed by atoms with Crippen molar-refractivity contribution in [3.63, 3.8) is 0 Å². The zero-order valence-electron chi connectivity index (χ0n) is 13.0. The summed E-state index contributed by atoms with van der Waals surface area (Å²) in [5.74, 6) is 0.0259. The molecule has 0 spiro atoms. The van der Waals surface area contributed by atoms with Crippen molar-refractivity contribution < 1.29 is 13.2 Å². The molecule has 0 unspecified atom stereocenters. The number of likely N-dealkylation sites (tertiary alicyclic amines) is 1. The number of rotatable bonds is 4. The molecule has 120 valence electrons. The Labute approximate surface area is 136 Å². The SMILES string of the molecule is CCS(=O)(=O)C1CN(C(=O)c2ccc(-c3ccccc3)cc2)C1. The standard InChI is InChI=1S/C18H19NO3S/c1-2-23(21,22)17-12-19(13-17)18(20)16-10-8-15(9-11-16)14-6-4-3-5-7-14/h3-11,17H,2,12-13H2,1H3. The number of hydrogen-bond donors (Lipinski definition) is 0. The van der Waals surface area contributed by atoms with E-state index in [1.165, 1.54) is 0 Å². The molecule has 0 N–H and O–H groups in total. The van der Waals surface area contributed by atoms with Crippen molar-refractivity contribution in [2.75, 3.05) is 18.8 Å². The summed E-state index contributed by atoms with van der Waals surface area (Å²) in [6, 6.07) is 17.4. The highest BCUT2D eigenvalue weighted by Gasteiger charge is 2.38. The van der Waals surface area contributed by atoms with Crippen LogP contribution in [0.1, 0.15) is 17.3 Å². The number of amides is 1. The summed E-state index contributed by atoms with van der Waals surface area (Å²) in [5, 5.41) is -0.403. The fourth-order valence-electron chi connectivity index (χ4n) is 2.69. The lowest BCUT2D eigenvalue weighted by atomic mass is 10.0. The smallest absolute Gasteiger partial charge is 0.253 e. The van der Waals surface area contributed by atoms with Gasteiger partial charge in [0.2, 0.25) is 0 Å². The number of carbonyl (C=O) groups is 1. The van der Waals surface area contributed by atoms with Gasteiger partial charge in [-0.2, -0.15) is 0 Å². The summed E-state index contributed by atoms with van der Waals surface area (Å²) in [7, 11) is -3.05. The van der Waals surface area contributed by atoms with Gasteiger partial charge in [-0.25, -0.2) is 8.42 Å². The highest BCUT2D eigenvalue weighted by atomic mass is 32.2. The van der Waals surface area contributed by atoms with Crippen LogP contribution >= 0.6 is 0 Å². The van der Waals surface area contributed by atoms with E-state index in [2.05, 4.69) is 0 Å². The maximum absolute atomic E-state index is 12.4. The van der Waals surface area contributed by atoms with Crippen LogP contribution in [-0.4, -0.2) is 43.3 Å². The molecule has 2 aromatic carbocycles. The van der Waals surface area contributed by atoms with Gasteiger partial charge in [0.25, 0.3) is 5.91 Å². The van der Waals surface area contributed by atoms with Crippen LogP contribution in [0, 0.1) is 0 Å². The van der Waals surface area contributed by atoms with Crippen molar-refractivity contribution in [2.24, 2.45) is 0 Å². The van der Waals surface area contributed by atoms with Crippen LogP contribution in [-0.2, 0) is 9.84 Å². The normalized spacial score (nSPS) is 15.3. The molecule has 23 heavy (non-hydrogen) atoms. The van der Waals surface area contributed by atoms with Crippen molar-refractivity contribution in [3.8, 4) is 11.1 Å². The average Bonchev–Trinajstić information content (AvgIpc) is 2.54. The first-order chi connectivity index (χ1) is 11.0. The Bertz CT molecular complexity index is 792. The van der Waals surface area contributed by atoms with Crippen molar-refractivity contribution in [2.45, 2.75) is 12.2 Å². The predicted molar refractivity (Wildman–Crippen MR) is 91.0 cm³/mol. The molecule has 1 saturated heterocycles. The quantitative estimate of drug-likeness (QED) is 0.866. The highest BCUT2D eigenvalue weighted by molar-refractivity contribution is 7.92. The first-order valence-electron chi connectivity index (χ1n) is 7.67. The van der Waals surface area contributed by atoms with E-state index in [-0.39, 0.29) is 11.7 Å². The second-order valence-electron chi connectivity index (χ2n) is 5.73. The maximum Gasteiger partial charge on any atom is 0.253 e. The van der Waals surface area contributed by atoms with Crippen LogP contribution in [0.2, 0.25) is 0 Å². The minimum atomic E-state index is -3.05. The Morgan fingerprint density at radius 1 is 1.00 bits per heavy atom. The van der Waals surface area contributed by atoms with Gasteiger partial charge in [0.05, 0.1) is 5.25 Å². The molecule has 4 nitrogen and oxygen atoms in total. The predicted octanol–water partition coefficient (Wildman–Crippen LogP) is 2.61. The second-order valence-corrected chi connectivity index (χ2v) is 8.30. The summed E-state index contributed by atoms with van der Waals surface area (Å²) < 4.78 is 23.5. The molecule has 1 aliphatic heterocycles. The number of benzene rings is 2. The summed E-state index contributed by atoms with van der Waals surface area (Å²) >= 11 is 0. The van der Waals surface area contributed by atoms with Crippen LogP contribution in [0.25, 0.3) is 11.1 Å². The van der Waals surface area contributed by atoms with Gasteiger partial charge in [-0.15, -0.1) is 0 Å². The van der Waals surface area contributed by atoms with Crippen LogP contribution in [0.4, 0.5) is 0 Å². The molecule has 1 aliphatic rings. The first-order valence-corrected chi connectivity index (χ1v) is 9.39. The molecule has 5 heteroatoms. The molecular formula is C18H19NO3S. The van der Waals surface area contributed by atoms with Crippen molar-refractivity contribution >= 4 is 15.7 Å². The van der Waals surface area contributed by atoms with E-state index in [1.54, 1.807) is 24.0 Å². The van der Waals surface area contributed by atoms with E-state index < -0.39 is 15.1 Å². The molecule has 1 heterocycles. The third kappa shape index (κ3) is 3.15. The van der Waals surface area contributed by atoms with Crippen molar-refractivity contribution in [1.29, 1.82) is 0 Å². The molecule has 0 radical (unpaired) electrons. The van der Waals surface area contributed by atoms with Crippen LogP contribution in [0.3, 0.4) is 0 Å². The molecule has 0 saturated carbocycles. The lowest BCUT2D eigenvalue weighted by Crippen LogP contribution is -2.57. The van der Waals surface area contributed by atoms with Gasteiger partial charge >= 0.3 is 0 Å². The lowest BCUT2D eigenvalue weighted by Gasteiger charge is -2.38. The van der Waals surface area contributed by atoms with Gasteiger partial charge in [0.1, 0.15) is 0 Å². The van der Waals surface area contributed by atoms with Gasteiger partial charge in [-0.3, -0.25) is 4.79 Å². The summed E-state index contributed by atoms with van der Waals surface area (Å²) in [5.41, 5.74) is 2.75. The molecule has 0 atom stereocenters. The molecule has 0 bridgehead atoms. The average molecular weight is 329 g/mol. The molecule has 1 fully saturated rings. The van der Waals surface area contributed by atoms with Crippen molar-refractivity contribution in [3.05, 3.63) is 60.2 Å². The fourth-order valence-corrected chi connectivity index (χ4v) is 3.97. The Kier molecular flexibility index (Phi) is 4.22. The third-order valence-corrected chi connectivity index (χ3v) is 6.40. The number of sulfone groups is 1. The van der Waals surface area contributed by atoms with E-state index in [4.69, 9.17) is 0 Å². The maximum atomic E-state index is 12.4. The zero-order valence-corrected chi connectivity index (χ0v) is 13.8. The lowest BCUT2D eigenvalue weighted by molar-refractivity contribution is 0.0659. The fraction of sp³-hybridized carbons (Fsp3) is 0.278.